The maximum atomic E-state index is 12.0. The van der Waals surface area contributed by atoms with Crippen molar-refractivity contribution in [1.82, 2.24) is 10.2 Å². The molecule has 2 N–H and O–H groups in total. The molecule has 126 valence electrons. The van der Waals surface area contributed by atoms with Crippen molar-refractivity contribution in [3.8, 4) is 0 Å². The molecule has 0 radical (unpaired) electrons. The van der Waals surface area contributed by atoms with Crippen LogP contribution >= 0.6 is 0 Å². The molecule has 0 aromatic heterocycles. The monoisotopic (exact) mass is 319 g/mol. The van der Waals surface area contributed by atoms with Gasteiger partial charge in [0.05, 0.1) is 13.0 Å². The number of benzene rings is 1. The van der Waals surface area contributed by atoms with E-state index in [4.69, 9.17) is 0 Å². The molecule has 0 aliphatic carbocycles. The van der Waals surface area contributed by atoms with E-state index in [1.165, 1.54) is 0 Å². The lowest BCUT2D eigenvalue weighted by atomic mass is 10.1. The number of rotatable bonds is 8. The van der Waals surface area contributed by atoms with Crippen molar-refractivity contribution < 1.29 is 14.4 Å². The molecule has 1 aromatic rings. The lowest BCUT2D eigenvalue weighted by Crippen LogP contribution is -2.32. The van der Waals surface area contributed by atoms with Gasteiger partial charge >= 0.3 is 0 Å². The van der Waals surface area contributed by atoms with Crippen LogP contribution < -0.4 is 10.6 Å². The van der Waals surface area contributed by atoms with Crippen LogP contribution in [0.1, 0.15) is 32.8 Å². The van der Waals surface area contributed by atoms with Gasteiger partial charge in [-0.25, -0.2) is 0 Å². The highest BCUT2D eigenvalue weighted by atomic mass is 16.2. The van der Waals surface area contributed by atoms with Crippen LogP contribution in [0.3, 0.4) is 0 Å². The fourth-order valence-corrected chi connectivity index (χ4v) is 2.08. The number of nitrogens with zero attached hydrogens (tertiary/aromatic N) is 1. The van der Waals surface area contributed by atoms with Gasteiger partial charge in [-0.3, -0.25) is 14.4 Å². The first-order valence-corrected chi connectivity index (χ1v) is 7.93. The Labute approximate surface area is 137 Å². The number of hydrogen-bond donors (Lipinski definition) is 2. The SMILES string of the molecule is CCC(=O)NCC(=O)Nc1ccc(CC(=O)N(CC)CC)cc1. The van der Waals surface area contributed by atoms with Gasteiger partial charge in [0.15, 0.2) is 0 Å². The topological polar surface area (TPSA) is 78.5 Å². The number of carbonyl (C=O) groups is 3. The molecule has 6 heteroatoms. The highest BCUT2D eigenvalue weighted by Gasteiger charge is 2.10. The van der Waals surface area contributed by atoms with E-state index in [1.54, 1.807) is 24.0 Å². The molecule has 0 spiro atoms. The smallest absolute Gasteiger partial charge is 0.243 e. The molecule has 0 bridgehead atoms. The fourth-order valence-electron chi connectivity index (χ4n) is 2.08. The third-order valence-electron chi connectivity index (χ3n) is 3.48. The summed E-state index contributed by atoms with van der Waals surface area (Å²) in [5.41, 5.74) is 1.54. The van der Waals surface area contributed by atoms with E-state index in [1.807, 2.05) is 26.0 Å². The van der Waals surface area contributed by atoms with Crippen molar-refractivity contribution >= 4 is 23.4 Å². The highest BCUT2D eigenvalue weighted by molar-refractivity contribution is 5.94. The van der Waals surface area contributed by atoms with Crippen molar-refractivity contribution in [1.29, 1.82) is 0 Å². The van der Waals surface area contributed by atoms with Crippen molar-refractivity contribution in [2.75, 3.05) is 25.0 Å². The highest BCUT2D eigenvalue weighted by Crippen LogP contribution is 2.11. The molecule has 0 saturated heterocycles. The first-order chi connectivity index (χ1) is 11.0. The van der Waals surface area contributed by atoms with Crippen molar-refractivity contribution in [2.45, 2.75) is 33.6 Å². The number of nitrogens with one attached hydrogen (secondary N) is 2. The second-order valence-electron chi connectivity index (χ2n) is 5.12. The van der Waals surface area contributed by atoms with Crippen LogP contribution in [-0.4, -0.2) is 42.3 Å². The van der Waals surface area contributed by atoms with Crippen molar-refractivity contribution in [2.24, 2.45) is 0 Å². The van der Waals surface area contributed by atoms with Crippen LogP contribution in [-0.2, 0) is 20.8 Å². The van der Waals surface area contributed by atoms with Gasteiger partial charge in [0.25, 0.3) is 0 Å². The molecule has 0 atom stereocenters. The van der Waals surface area contributed by atoms with Crippen molar-refractivity contribution in [3.63, 3.8) is 0 Å². The van der Waals surface area contributed by atoms with E-state index in [0.29, 0.717) is 31.6 Å². The van der Waals surface area contributed by atoms with E-state index in [-0.39, 0.29) is 24.3 Å². The molecule has 1 aromatic carbocycles. The molecule has 0 saturated carbocycles. The molecular weight excluding hydrogens is 294 g/mol. The van der Waals surface area contributed by atoms with Gasteiger partial charge in [0, 0.05) is 25.2 Å². The largest absolute Gasteiger partial charge is 0.347 e. The van der Waals surface area contributed by atoms with Gasteiger partial charge in [0.2, 0.25) is 17.7 Å². The fraction of sp³-hybridized carbons (Fsp3) is 0.471. The molecule has 6 nitrogen and oxygen atoms in total. The molecule has 0 unspecified atom stereocenters. The maximum absolute atomic E-state index is 12.0. The summed E-state index contributed by atoms with van der Waals surface area (Å²) in [5.74, 6) is -0.349. The van der Waals surface area contributed by atoms with Gasteiger partial charge in [-0.05, 0) is 31.5 Å². The van der Waals surface area contributed by atoms with Gasteiger partial charge in [-0.1, -0.05) is 19.1 Å². The Kier molecular flexibility index (Phi) is 7.80. The van der Waals surface area contributed by atoms with Gasteiger partial charge in [0.1, 0.15) is 0 Å². The standard InChI is InChI=1S/C17H25N3O3/c1-4-15(21)18-12-16(22)19-14-9-7-13(8-10-14)11-17(23)20(5-2)6-3/h7-10H,4-6,11-12H2,1-3H3,(H,18,21)(H,19,22). The van der Waals surface area contributed by atoms with E-state index >= 15 is 0 Å². The summed E-state index contributed by atoms with van der Waals surface area (Å²) in [6, 6.07) is 7.15. The zero-order chi connectivity index (χ0) is 17.2. The number of amides is 3. The number of anilines is 1. The minimum absolute atomic E-state index is 0.0468. The van der Waals surface area contributed by atoms with Crippen LogP contribution in [0.25, 0.3) is 0 Å². The normalized spacial score (nSPS) is 10.0. The molecule has 0 aliphatic heterocycles. The Morgan fingerprint density at radius 3 is 2.09 bits per heavy atom. The third kappa shape index (κ3) is 6.50. The summed E-state index contributed by atoms with van der Waals surface area (Å²) in [6.45, 7) is 6.99. The van der Waals surface area contributed by atoms with Crippen LogP contribution in [0.4, 0.5) is 5.69 Å². The number of hydrogen-bond acceptors (Lipinski definition) is 3. The predicted octanol–water partition coefficient (Wildman–Crippen LogP) is 1.56. The molecule has 0 fully saturated rings. The van der Waals surface area contributed by atoms with E-state index in [0.717, 1.165) is 5.56 Å². The first kappa shape index (κ1) is 18.7. The lowest BCUT2D eigenvalue weighted by Gasteiger charge is -2.18. The summed E-state index contributed by atoms with van der Waals surface area (Å²) in [6.07, 6.45) is 0.699. The van der Waals surface area contributed by atoms with Crippen molar-refractivity contribution in [3.05, 3.63) is 29.8 Å². The second-order valence-corrected chi connectivity index (χ2v) is 5.12. The average molecular weight is 319 g/mol. The summed E-state index contributed by atoms with van der Waals surface area (Å²) >= 11 is 0. The van der Waals surface area contributed by atoms with Gasteiger partial charge < -0.3 is 15.5 Å². The molecule has 23 heavy (non-hydrogen) atoms. The van der Waals surface area contributed by atoms with Gasteiger partial charge in [-0.15, -0.1) is 0 Å². The Balaban J connectivity index is 2.51. The minimum atomic E-state index is -0.279. The second kappa shape index (κ2) is 9.61. The molecule has 1 rings (SSSR count). The van der Waals surface area contributed by atoms with E-state index in [9.17, 15) is 14.4 Å². The zero-order valence-electron chi connectivity index (χ0n) is 14.0. The Morgan fingerprint density at radius 1 is 0.957 bits per heavy atom. The van der Waals surface area contributed by atoms with Crippen LogP contribution in [0.5, 0.6) is 0 Å². The first-order valence-electron chi connectivity index (χ1n) is 7.93. The minimum Gasteiger partial charge on any atom is -0.347 e. The Hall–Kier alpha value is -2.37. The van der Waals surface area contributed by atoms with Crippen LogP contribution in [0, 0.1) is 0 Å². The molecular formula is C17H25N3O3. The summed E-state index contributed by atoms with van der Waals surface area (Å²) in [4.78, 5) is 36.6. The number of likely N-dealkylation sites (N-methyl/N-ethyl adjacent to an activating group) is 1. The summed E-state index contributed by atoms with van der Waals surface area (Å²) in [7, 11) is 0. The molecule has 0 heterocycles. The zero-order valence-corrected chi connectivity index (χ0v) is 14.0. The molecule has 0 aliphatic rings. The summed E-state index contributed by atoms with van der Waals surface area (Å²) in [5, 5.41) is 5.21. The number of carbonyl (C=O) groups excluding carboxylic acids is 3. The average Bonchev–Trinajstić information content (AvgIpc) is 2.55. The summed E-state index contributed by atoms with van der Waals surface area (Å²) < 4.78 is 0. The third-order valence-corrected chi connectivity index (χ3v) is 3.48. The lowest BCUT2D eigenvalue weighted by molar-refractivity contribution is -0.130. The van der Waals surface area contributed by atoms with Gasteiger partial charge in [-0.2, -0.15) is 0 Å². The maximum Gasteiger partial charge on any atom is 0.243 e. The Morgan fingerprint density at radius 2 is 1.57 bits per heavy atom. The van der Waals surface area contributed by atoms with E-state index in [2.05, 4.69) is 10.6 Å². The predicted molar refractivity (Wildman–Crippen MR) is 90.0 cm³/mol. The quantitative estimate of drug-likeness (QED) is 0.763. The Bertz CT molecular complexity index is 537. The van der Waals surface area contributed by atoms with E-state index < -0.39 is 0 Å². The van der Waals surface area contributed by atoms with Crippen LogP contribution in [0.15, 0.2) is 24.3 Å². The molecule has 3 amide bonds. The van der Waals surface area contributed by atoms with Crippen LogP contribution in [0.2, 0.25) is 0 Å².